The minimum absolute atomic E-state index is 0.0545. The molecule has 1 N–H and O–H groups in total. The SMILES string of the molecule is CCNc1cccc(CN2CCN(C(C)C)C(=O)C2=O)n1. The van der Waals surface area contributed by atoms with Crippen LogP contribution in [0, 0.1) is 0 Å². The number of aromatic nitrogens is 1. The third-order valence-corrected chi connectivity index (χ3v) is 3.48. The summed E-state index contributed by atoms with van der Waals surface area (Å²) in [7, 11) is 0. The van der Waals surface area contributed by atoms with E-state index < -0.39 is 11.8 Å². The van der Waals surface area contributed by atoms with Crippen LogP contribution >= 0.6 is 0 Å². The summed E-state index contributed by atoms with van der Waals surface area (Å²) in [6.07, 6.45) is 0. The van der Waals surface area contributed by atoms with Crippen molar-refractivity contribution in [1.29, 1.82) is 0 Å². The summed E-state index contributed by atoms with van der Waals surface area (Å²) in [5, 5.41) is 3.14. The highest BCUT2D eigenvalue weighted by Gasteiger charge is 2.33. The van der Waals surface area contributed by atoms with Crippen molar-refractivity contribution in [2.45, 2.75) is 33.4 Å². The normalized spacial score (nSPS) is 15.8. The number of piperazine rings is 1. The molecular formula is C15H22N4O2. The first kappa shape index (κ1) is 15.3. The third kappa shape index (κ3) is 3.51. The van der Waals surface area contributed by atoms with Crippen LogP contribution in [0.1, 0.15) is 26.5 Å². The van der Waals surface area contributed by atoms with Gasteiger partial charge in [0, 0.05) is 25.7 Å². The molecule has 1 fully saturated rings. The molecule has 0 radical (unpaired) electrons. The van der Waals surface area contributed by atoms with Gasteiger partial charge in [0.1, 0.15) is 5.82 Å². The van der Waals surface area contributed by atoms with Crippen LogP contribution in [-0.2, 0) is 16.1 Å². The number of amides is 2. The van der Waals surface area contributed by atoms with Gasteiger partial charge >= 0.3 is 11.8 Å². The molecule has 1 aromatic heterocycles. The summed E-state index contributed by atoms with van der Waals surface area (Å²) in [5.74, 6) is -0.0701. The number of nitrogens with zero attached hydrogens (tertiary/aromatic N) is 3. The van der Waals surface area contributed by atoms with Gasteiger partial charge in [-0.2, -0.15) is 0 Å². The van der Waals surface area contributed by atoms with Crippen molar-refractivity contribution in [1.82, 2.24) is 14.8 Å². The van der Waals surface area contributed by atoms with Crippen LogP contribution in [0.4, 0.5) is 5.82 Å². The fraction of sp³-hybridized carbons (Fsp3) is 0.533. The Kier molecular flexibility index (Phi) is 4.77. The van der Waals surface area contributed by atoms with Gasteiger partial charge in [0.2, 0.25) is 0 Å². The van der Waals surface area contributed by atoms with Gasteiger partial charge in [0.25, 0.3) is 0 Å². The van der Waals surface area contributed by atoms with Crippen molar-refractivity contribution >= 4 is 17.6 Å². The molecule has 1 aromatic rings. The maximum atomic E-state index is 12.1. The summed E-state index contributed by atoms with van der Waals surface area (Å²) < 4.78 is 0. The standard InChI is InChI=1S/C15H22N4O2/c1-4-16-13-7-5-6-12(17-13)10-18-8-9-19(11(2)3)15(21)14(18)20/h5-7,11H,4,8-10H2,1-3H3,(H,16,17). The molecule has 0 spiro atoms. The van der Waals surface area contributed by atoms with Gasteiger partial charge in [0.15, 0.2) is 0 Å². The summed E-state index contributed by atoms with van der Waals surface area (Å²) in [4.78, 5) is 31.8. The molecule has 1 aliphatic rings. The molecule has 6 heteroatoms. The second-order valence-electron chi connectivity index (χ2n) is 5.36. The van der Waals surface area contributed by atoms with Gasteiger partial charge in [-0.15, -0.1) is 0 Å². The first-order valence-corrected chi connectivity index (χ1v) is 7.32. The highest BCUT2D eigenvalue weighted by Crippen LogP contribution is 2.13. The Hall–Kier alpha value is -2.11. The van der Waals surface area contributed by atoms with Crippen LogP contribution in [-0.4, -0.2) is 52.3 Å². The van der Waals surface area contributed by atoms with Gasteiger partial charge in [-0.05, 0) is 32.9 Å². The third-order valence-electron chi connectivity index (χ3n) is 3.48. The quantitative estimate of drug-likeness (QED) is 0.825. The minimum Gasteiger partial charge on any atom is -0.370 e. The number of carbonyl (C=O) groups excluding carboxylic acids is 2. The number of hydrogen-bond acceptors (Lipinski definition) is 4. The molecule has 0 unspecified atom stereocenters. The zero-order valence-corrected chi connectivity index (χ0v) is 12.8. The molecule has 0 atom stereocenters. The summed E-state index contributed by atoms with van der Waals surface area (Å²) >= 11 is 0. The number of anilines is 1. The molecule has 2 heterocycles. The monoisotopic (exact) mass is 290 g/mol. The van der Waals surface area contributed by atoms with Crippen LogP contribution in [0.3, 0.4) is 0 Å². The minimum atomic E-state index is -0.439. The Balaban J connectivity index is 2.05. The number of rotatable bonds is 5. The van der Waals surface area contributed by atoms with Gasteiger partial charge in [-0.1, -0.05) is 6.07 Å². The zero-order chi connectivity index (χ0) is 15.4. The van der Waals surface area contributed by atoms with Crippen LogP contribution in [0.2, 0.25) is 0 Å². The van der Waals surface area contributed by atoms with E-state index in [4.69, 9.17) is 0 Å². The number of carbonyl (C=O) groups is 2. The lowest BCUT2D eigenvalue weighted by molar-refractivity contribution is -0.157. The van der Waals surface area contributed by atoms with E-state index in [1.807, 2.05) is 39.0 Å². The van der Waals surface area contributed by atoms with E-state index in [1.54, 1.807) is 9.80 Å². The highest BCUT2D eigenvalue weighted by atomic mass is 16.2. The van der Waals surface area contributed by atoms with E-state index in [0.29, 0.717) is 19.6 Å². The molecule has 2 amide bonds. The maximum Gasteiger partial charge on any atom is 0.312 e. The molecule has 6 nitrogen and oxygen atoms in total. The van der Waals surface area contributed by atoms with Gasteiger partial charge in [0.05, 0.1) is 12.2 Å². The molecule has 2 rings (SSSR count). The van der Waals surface area contributed by atoms with Gasteiger partial charge < -0.3 is 15.1 Å². The second kappa shape index (κ2) is 6.56. The first-order chi connectivity index (χ1) is 10.0. The van der Waals surface area contributed by atoms with E-state index in [1.165, 1.54) is 0 Å². The highest BCUT2D eigenvalue weighted by molar-refractivity contribution is 6.35. The summed E-state index contributed by atoms with van der Waals surface area (Å²) in [6, 6.07) is 5.71. The molecule has 1 aliphatic heterocycles. The van der Waals surface area contributed by atoms with E-state index >= 15 is 0 Å². The lowest BCUT2D eigenvalue weighted by atomic mass is 10.2. The lowest BCUT2D eigenvalue weighted by Crippen LogP contribution is -2.55. The Morgan fingerprint density at radius 1 is 1.24 bits per heavy atom. The molecule has 1 saturated heterocycles. The maximum absolute atomic E-state index is 12.1. The van der Waals surface area contributed by atoms with Crippen molar-refractivity contribution in [3.63, 3.8) is 0 Å². The second-order valence-corrected chi connectivity index (χ2v) is 5.36. The van der Waals surface area contributed by atoms with Crippen molar-refractivity contribution in [3.05, 3.63) is 23.9 Å². The molecule has 21 heavy (non-hydrogen) atoms. The first-order valence-electron chi connectivity index (χ1n) is 7.32. The summed E-state index contributed by atoms with van der Waals surface area (Å²) in [6.45, 7) is 8.13. The fourth-order valence-corrected chi connectivity index (χ4v) is 2.38. The largest absolute Gasteiger partial charge is 0.370 e. The van der Waals surface area contributed by atoms with E-state index in [0.717, 1.165) is 18.1 Å². The van der Waals surface area contributed by atoms with Crippen molar-refractivity contribution in [3.8, 4) is 0 Å². The Labute approximate surface area is 125 Å². The van der Waals surface area contributed by atoms with E-state index in [9.17, 15) is 9.59 Å². The predicted octanol–water partition coefficient (Wildman–Crippen LogP) is 1.09. The van der Waals surface area contributed by atoms with Gasteiger partial charge in [-0.25, -0.2) is 4.98 Å². The van der Waals surface area contributed by atoms with Gasteiger partial charge in [-0.3, -0.25) is 9.59 Å². The average molecular weight is 290 g/mol. The number of nitrogens with one attached hydrogen (secondary N) is 1. The average Bonchev–Trinajstić information content (AvgIpc) is 2.44. The smallest absolute Gasteiger partial charge is 0.312 e. The molecule has 0 bridgehead atoms. The van der Waals surface area contributed by atoms with Crippen molar-refractivity contribution < 1.29 is 9.59 Å². The summed E-state index contributed by atoms with van der Waals surface area (Å²) in [5.41, 5.74) is 0.785. The van der Waals surface area contributed by atoms with Crippen LogP contribution < -0.4 is 5.32 Å². The topological polar surface area (TPSA) is 65.5 Å². The Bertz CT molecular complexity index is 530. The molecule has 0 aliphatic carbocycles. The Morgan fingerprint density at radius 3 is 2.67 bits per heavy atom. The lowest BCUT2D eigenvalue weighted by Gasteiger charge is -2.35. The molecule has 0 saturated carbocycles. The van der Waals surface area contributed by atoms with Crippen LogP contribution in [0.25, 0.3) is 0 Å². The zero-order valence-electron chi connectivity index (χ0n) is 12.8. The molecule has 114 valence electrons. The van der Waals surface area contributed by atoms with E-state index in [-0.39, 0.29) is 6.04 Å². The van der Waals surface area contributed by atoms with Crippen molar-refractivity contribution in [2.24, 2.45) is 0 Å². The Morgan fingerprint density at radius 2 is 2.00 bits per heavy atom. The predicted molar refractivity (Wildman–Crippen MR) is 80.7 cm³/mol. The van der Waals surface area contributed by atoms with Crippen LogP contribution in [0.15, 0.2) is 18.2 Å². The fourth-order valence-electron chi connectivity index (χ4n) is 2.38. The van der Waals surface area contributed by atoms with E-state index in [2.05, 4.69) is 10.3 Å². The number of pyridine rings is 1. The molecular weight excluding hydrogens is 268 g/mol. The van der Waals surface area contributed by atoms with Crippen LogP contribution in [0.5, 0.6) is 0 Å². The number of hydrogen-bond donors (Lipinski definition) is 1. The van der Waals surface area contributed by atoms with Crippen molar-refractivity contribution in [2.75, 3.05) is 25.0 Å². The molecule has 0 aromatic carbocycles.